The summed E-state index contributed by atoms with van der Waals surface area (Å²) in [5.74, 6) is 0.00623. The Balaban J connectivity index is 1.45. The van der Waals surface area contributed by atoms with Crippen molar-refractivity contribution in [3.8, 4) is 0 Å². The minimum atomic E-state index is 0.00623. The molecule has 2 aromatic heterocycles. The lowest BCUT2D eigenvalue weighted by Crippen LogP contribution is -2.38. The quantitative estimate of drug-likeness (QED) is 0.527. The molecule has 1 aliphatic heterocycles. The van der Waals surface area contributed by atoms with Crippen LogP contribution in [0.5, 0.6) is 0 Å². The molecule has 0 N–H and O–H groups in total. The van der Waals surface area contributed by atoms with Crippen LogP contribution in [0.4, 0.5) is 0 Å². The van der Waals surface area contributed by atoms with E-state index in [-0.39, 0.29) is 5.91 Å². The number of hydrogen-bond donors (Lipinski definition) is 0. The minimum Gasteiger partial charge on any atom is -0.379 e. The third-order valence-corrected chi connectivity index (χ3v) is 5.51. The highest BCUT2D eigenvalue weighted by atomic mass is 16.5. The molecule has 1 saturated heterocycles. The predicted octanol–water partition coefficient (Wildman–Crippen LogP) is 3.39. The van der Waals surface area contributed by atoms with Crippen LogP contribution in [-0.2, 0) is 16.1 Å². The number of para-hydroxylation sites is 1. The molecule has 0 unspecified atom stereocenters. The topological polar surface area (TPSA) is 58.6 Å². The third kappa shape index (κ3) is 5.96. The fourth-order valence-corrected chi connectivity index (χ4v) is 3.81. The summed E-state index contributed by atoms with van der Waals surface area (Å²) in [7, 11) is 0. The number of hydrogen-bond acceptors (Lipinski definition) is 5. The van der Waals surface area contributed by atoms with Crippen LogP contribution in [0.1, 0.15) is 17.5 Å². The molecule has 31 heavy (non-hydrogen) atoms. The van der Waals surface area contributed by atoms with Gasteiger partial charge >= 0.3 is 0 Å². The van der Waals surface area contributed by atoms with E-state index in [0.717, 1.165) is 61.3 Å². The maximum absolute atomic E-state index is 13.1. The Morgan fingerprint density at radius 3 is 2.71 bits per heavy atom. The molecule has 1 fully saturated rings. The van der Waals surface area contributed by atoms with Gasteiger partial charge in [0.1, 0.15) is 0 Å². The first kappa shape index (κ1) is 21.2. The molecule has 0 spiro atoms. The van der Waals surface area contributed by atoms with Crippen molar-refractivity contribution in [3.05, 3.63) is 78.3 Å². The first-order chi connectivity index (χ1) is 15.3. The van der Waals surface area contributed by atoms with Crippen molar-refractivity contribution in [1.29, 1.82) is 0 Å². The predicted molar refractivity (Wildman–Crippen MR) is 122 cm³/mol. The molecule has 1 amide bonds. The number of aromatic nitrogens is 2. The molecular formula is C25H28N4O2. The van der Waals surface area contributed by atoms with Gasteiger partial charge in [0.25, 0.3) is 0 Å². The highest BCUT2D eigenvalue weighted by molar-refractivity contribution is 5.95. The van der Waals surface area contributed by atoms with Crippen molar-refractivity contribution in [1.82, 2.24) is 19.8 Å². The van der Waals surface area contributed by atoms with Crippen LogP contribution < -0.4 is 0 Å². The largest absolute Gasteiger partial charge is 0.379 e. The normalized spacial score (nSPS) is 14.8. The van der Waals surface area contributed by atoms with E-state index < -0.39 is 0 Å². The number of ether oxygens (including phenoxy) is 1. The number of benzene rings is 1. The van der Waals surface area contributed by atoms with E-state index in [2.05, 4.69) is 14.9 Å². The van der Waals surface area contributed by atoms with Crippen molar-refractivity contribution in [2.75, 3.05) is 39.4 Å². The van der Waals surface area contributed by atoms with Gasteiger partial charge in [-0.15, -0.1) is 0 Å². The molecule has 0 radical (unpaired) electrons. The molecule has 0 saturated carbocycles. The smallest absolute Gasteiger partial charge is 0.246 e. The zero-order valence-electron chi connectivity index (χ0n) is 17.7. The lowest BCUT2D eigenvalue weighted by molar-refractivity contribution is -0.126. The van der Waals surface area contributed by atoms with Crippen LogP contribution in [0, 0.1) is 0 Å². The van der Waals surface area contributed by atoms with Crippen LogP contribution in [0.3, 0.4) is 0 Å². The van der Waals surface area contributed by atoms with Crippen LogP contribution in [0.2, 0.25) is 0 Å². The van der Waals surface area contributed by atoms with Gasteiger partial charge in [-0.25, -0.2) is 0 Å². The molecular weight excluding hydrogens is 388 g/mol. The van der Waals surface area contributed by atoms with Crippen molar-refractivity contribution >= 4 is 22.9 Å². The van der Waals surface area contributed by atoms with Gasteiger partial charge in [0, 0.05) is 68.3 Å². The number of fused-ring (bicyclic) bond motifs is 1. The lowest BCUT2D eigenvalue weighted by Gasteiger charge is -2.28. The van der Waals surface area contributed by atoms with Crippen molar-refractivity contribution < 1.29 is 9.53 Å². The van der Waals surface area contributed by atoms with Gasteiger partial charge in [0.15, 0.2) is 0 Å². The van der Waals surface area contributed by atoms with E-state index in [9.17, 15) is 4.79 Å². The van der Waals surface area contributed by atoms with Gasteiger partial charge in [-0.2, -0.15) is 0 Å². The van der Waals surface area contributed by atoms with Gasteiger partial charge in [-0.3, -0.25) is 19.7 Å². The Morgan fingerprint density at radius 2 is 1.87 bits per heavy atom. The second-order valence-corrected chi connectivity index (χ2v) is 7.68. The number of pyridine rings is 2. The average molecular weight is 417 g/mol. The summed E-state index contributed by atoms with van der Waals surface area (Å²) in [6, 6.07) is 13.9. The number of rotatable bonds is 8. The highest BCUT2D eigenvalue weighted by Crippen LogP contribution is 2.17. The van der Waals surface area contributed by atoms with Crippen LogP contribution >= 0.6 is 0 Å². The zero-order valence-corrected chi connectivity index (χ0v) is 17.7. The van der Waals surface area contributed by atoms with Crippen molar-refractivity contribution in [2.45, 2.75) is 13.0 Å². The summed E-state index contributed by atoms with van der Waals surface area (Å²) in [6.07, 6.45) is 9.79. The molecule has 3 heterocycles. The van der Waals surface area contributed by atoms with E-state index >= 15 is 0 Å². The number of carbonyl (C=O) groups is 1. The standard InChI is InChI=1S/C25H28N4O2/c30-24(8-7-23-5-1-4-22-6-2-11-27-25(22)23)29(20-21-9-12-26-13-10-21)15-3-14-28-16-18-31-19-17-28/h1-2,4-13H,3,14-20H2/b8-7+. The van der Waals surface area contributed by atoms with Crippen LogP contribution in [0.15, 0.2) is 67.1 Å². The highest BCUT2D eigenvalue weighted by Gasteiger charge is 2.14. The first-order valence-electron chi connectivity index (χ1n) is 10.8. The van der Waals surface area contributed by atoms with E-state index in [1.807, 2.05) is 53.4 Å². The number of carbonyl (C=O) groups excluding carboxylic acids is 1. The van der Waals surface area contributed by atoms with Crippen LogP contribution in [0.25, 0.3) is 17.0 Å². The van der Waals surface area contributed by atoms with Gasteiger partial charge < -0.3 is 9.64 Å². The maximum Gasteiger partial charge on any atom is 0.246 e. The number of nitrogens with zero attached hydrogens (tertiary/aromatic N) is 4. The number of amides is 1. The van der Waals surface area contributed by atoms with Crippen molar-refractivity contribution in [3.63, 3.8) is 0 Å². The van der Waals surface area contributed by atoms with Gasteiger partial charge in [-0.05, 0) is 36.3 Å². The second kappa shape index (κ2) is 10.8. The third-order valence-electron chi connectivity index (χ3n) is 5.51. The molecule has 1 aromatic carbocycles. The molecule has 6 heteroatoms. The first-order valence-corrected chi connectivity index (χ1v) is 10.8. The fourth-order valence-electron chi connectivity index (χ4n) is 3.81. The Morgan fingerprint density at radius 1 is 1.06 bits per heavy atom. The Kier molecular flexibility index (Phi) is 7.37. The van der Waals surface area contributed by atoms with Crippen molar-refractivity contribution in [2.24, 2.45) is 0 Å². The maximum atomic E-state index is 13.1. The average Bonchev–Trinajstić information content (AvgIpc) is 2.83. The molecule has 0 bridgehead atoms. The SMILES string of the molecule is O=C(/C=C/c1cccc2cccnc12)N(CCCN1CCOCC1)Cc1ccncc1. The lowest BCUT2D eigenvalue weighted by atomic mass is 10.1. The molecule has 6 nitrogen and oxygen atoms in total. The summed E-state index contributed by atoms with van der Waals surface area (Å²) < 4.78 is 5.42. The Hall–Kier alpha value is -3.09. The molecule has 3 aromatic rings. The summed E-state index contributed by atoms with van der Waals surface area (Å²) in [4.78, 5) is 26.0. The van der Waals surface area contributed by atoms with Gasteiger partial charge in [-0.1, -0.05) is 24.3 Å². The second-order valence-electron chi connectivity index (χ2n) is 7.68. The summed E-state index contributed by atoms with van der Waals surface area (Å²) in [6.45, 7) is 5.77. The van der Waals surface area contributed by atoms with E-state index in [1.165, 1.54) is 0 Å². The van der Waals surface area contributed by atoms with E-state index in [4.69, 9.17) is 4.74 Å². The molecule has 0 atom stereocenters. The van der Waals surface area contributed by atoms with E-state index in [0.29, 0.717) is 13.1 Å². The minimum absolute atomic E-state index is 0.00623. The van der Waals surface area contributed by atoms with Crippen LogP contribution in [-0.4, -0.2) is 65.1 Å². The molecule has 0 aliphatic carbocycles. The zero-order chi connectivity index (χ0) is 21.3. The molecule has 1 aliphatic rings. The Bertz CT molecular complexity index is 1010. The van der Waals surface area contributed by atoms with E-state index in [1.54, 1.807) is 24.7 Å². The molecule has 4 rings (SSSR count). The Labute approximate surface area is 183 Å². The number of morpholine rings is 1. The summed E-state index contributed by atoms with van der Waals surface area (Å²) in [5, 5.41) is 1.07. The summed E-state index contributed by atoms with van der Waals surface area (Å²) >= 11 is 0. The van der Waals surface area contributed by atoms with Gasteiger partial charge in [0.05, 0.1) is 18.7 Å². The van der Waals surface area contributed by atoms with Gasteiger partial charge in [0.2, 0.25) is 5.91 Å². The molecule has 160 valence electrons. The fraction of sp³-hybridized carbons (Fsp3) is 0.320. The summed E-state index contributed by atoms with van der Waals surface area (Å²) in [5.41, 5.74) is 2.93. The monoisotopic (exact) mass is 416 g/mol.